The first kappa shape index (κ1) is 12.7. The summed E-state index contributed by atoms with van der Waals surface area (Å²) in [5, 5.41) is 0.538. The van der Waals surface area contributed by atoms with Gasteiger partial charge in [0.25, 0.3) is 0 Å². The zero-order valence-electron chi connectivity index (χ0n) is 10.2. The van der Waals surface area contributed by atoms with Gasteiger partial charge in [0.05, 0.1) is 29.1 Å². The molecule has 0 bridgehead atoms. The summed E-state index contributed by atoms with van der Waals surface area (Å²) in [7, 11) is 3.30. The maximum absolute atomic E-state index is 14.0. The highest BCUT2D eigenvalue weighted by molar-refractivity contribution is 6.32. The van der Waals surface area contributed by atoms with Crippen molar-refractivity contribution in [1.82, 2.24) is 4.90 Å². The van der Waals surface area contributed by atoms with Gasteiger partial charge in [0.1, 0.15) is 11.6 Å². The molecule has 0 atom stereocenters. The van der Waals surface area contributed by atoms with Crippen LogP contribution in [0.4, 0.5) is 4.39 Å². The molecule has 1 aliphatic rings. The third-order valence-corrected chi connectivity index (χ3v) is 3.23. The van der Waals surface area contributed by atoms with Crippen molar-refractivity contribution in [2.24, 2.45) is 0 Å². The van der Waals surface area contributed by atoms with Crippen molar-refractivity contribution in [3.05, 3.63) is 59.0 Å². The van der Waals surface area contributed by atoms with Crippen LogP contribution in [-0.2, 0) is 0 Å². The number of ether oxygens (including phenoxy) is 1. The molecule has 0 spiro atoms. The van der Waals surface area contributed by atoms with Gasteiger partial charge in [0.15, 0.2) is 0 Å². The van der Waals surface area contributed by atoms with Crippen LogP contribution in [-0.4, -0.2) is 19.1 Å². The van der Waals surface area contributed by atoms with Crippen LogP contribution in [0.15, 0.2) is 47.7 Å². The van der Waals surface area contributed by atoms with Gasteiger partial charge in [-0.3, -0.25) is 0 Å². The molecule has 0 aromatic heterocycles. The highest BCUT2D eigenvalue weighted by atomic mass is 35.5. The first-order valence-corrected chi connectivity index (χ1v) is 5.77. The average molecular weight is 266 g/mol. The summed E-state index contributed by atoms with van der Waals surface area (Å²) < 4.78 is 19.2. The SMILES string of the molecule is C=C1C(Cl)=CC=C(c2c(F)cccc2OC)N1C. The highest BCUT2D eigenvalue weighted by Gasteiger charge is 2.21. The molecule has 0 N–H and O–H groups in total. The average Bonchev–Trinajstić information content (AvgIpc) is 2.37. The van der Waals surface area contributed by atoms with Gasteiger partial charge < -0.3 is 9.64 Å². The van der Waals surface area contributed by atoms with E-state index in [0.717, 1.165) is 0 Å². The smallest absolute Gasteiger partial charge is 0.136 e. The van der Waals surface area contributed by atoms with E-state index in [9.17, 15) is 4.39 Å². The maximum atomic E-state index is 14.0. The zero-order chi connectivity index (χ0) is 13.3. The van der Waals surface area contributed by atoms with Crippen molar-refractivity contribution >= 4 is 17.3 Å². The highest BCUT2D eigenvalue weighted by Crippen LogP contribution is 2.36. The summed E-state index contributed by atoms with van der Waals surface area (Å²) >= 11 is 5.98. The Morgan fingerprint density at radius 3 is 2.72 bits per heavy atom. The lowest BCUT2D eigenvalue weighted by molar-refractivity contribution is 0.407. The fourth-order valence-corrected chi connectivity index (χ4v) is 2.03. The number of likely N-dealkylation sites (N-methyl/N-ethyl adjacent to an activating group) is 1. The maximum Gasteiger partial charge on any atom is 0.136 e. The van der Waals surface area contributed by atoms with E-state index in [2.05, 4.69) is 6.58 Å². The minimum atomic E-state index is -0.341. The number of benzene rings is 1. The van der Waals surface area contributed by atoms with Crippen molar-refractivity contribution in [3.63, 3.8) is 0 Å². The van der Waals surface area contributed by atoms with E-state index in [0.29, 0.717) is 27.7 Å². The number of rotatable bonds is 2. The van der Waals surface area contributed by atoms with E-state index in [1.807, 2.05) is 0 Å². The summed E-state index contributed by atoms with van der Waals surface area (Å²) in [6.45, 7) is 3.86. The number of nitrogens with zero attached hydrogens (tertiary/aromatic N) is 1. The third-order valence-electron chi connectivity index (χ3n) is 2.88. The lowest BCUT2D eigenvalue weighted by Gasteiger charge is -2.28. The van der Waals surface area contributed by atoms with Gasteiger partial charge in [-0.2, -0.15) is 0 Å². The van der Waals surface area contributed by atoms with Crippen LogP contribution in [0.3, 0.4) is 0 Å². The summed E-state index contributed by atoms with van der Waals surface area (Å²) in [6, 6.07) is 4.73. The minimum absolute atomic E-state index is 0.341. The molecular formula is C14H13ClFNO. The molecule has 0 radical (unpaired) electrons. The summed E-state index contributed by atoms with van der Waals surface area (Å²) in [6.07, 6.45) is 3.45. The fraction of sp³-hybridized carbons (Fsp3) is 0.143. The molecule has 1 aliphatic heterocycles. The molecule has 0 unspecified atom stereocenters. The van der Waals surface area contributed by atoms with Gasteiger partial charge in [-0.25, -0.2) is 4.39 Å². The monoisotopic (exact) mass is 265 g/mol. The molecule has 1 aromatic carbocycles. The Hall–Kier alpha value is -1.74. The van der Waals surface area contributed by atoms with E-state index >= 15 is 0 Å². The second-order valence-corrected chi connectivity index (χ2v) is 4.30. The first-order chi connectivity index (χ1) is 8.56. The molecule has 0 saturated heterocycles. The lowest BCUT2D eigenvalue weighted by atomic mass is 10.1. The number of halogens is 2. The van der Waals surface area contributed by atoms with E-state index in [1.54, 1.807) is 36.2 Å². The molecule has 2 nitrogen and oxygen atoms in total. The normalized spacial score (nSPS) is 15.3. The molecule has 1 heterocycles. The van der Waals surface area contributed by atoms with Crippen molar-refractivity contribution in [2.75, 3.05) is 14.2 Å². The Morgan fingerprint density at radius 2 is 2.06 bits per heavy atom. The van der Waals surface area contributed by atoms with E-state index < -0.39 is 0 Å². The number of methoxy groups -OCH3 is 1. The molecule has 94 valence electrons. The van der Waals surface area contributed by atoms with E-state index in [4.69, 9.17) is 16.3 Å². The van der Waals surface area contributed by atoms with Crippen molar-refractivity contribution in [1.29, 1.82) is 0 Å². The molecule has 18 heavy (non-hydrogen) atoms. The third kappa shape index (κ3) is 2.02. The summed E-state index contributed by atoms with van der Waals surface area (Å²) in [4.78, 5) is 1.74. The fourth-order valence-electron chi connectivity index (χ4n) is 1.84. The zero-order valence-corrected chi connectivity index (χ0v) is 11.0. The molecule has 2 rings (SSSR count). The van der Waals surface area contributed by atoms with E-state index in [1.165, 1.54) is 13.2 Å². The van der Waals surface area contributed by atoms with Gasteiger partial charge in [0, 0.05) is 7.05 Å². The quantitative estimate of drug-likeness (QED) is 0.807. The van der Waals surface area contributed by atoms with Crippen LogP contribution in [0.25, 0.3) is 5.70 Å². The Balaban J connectivity index is 2.59. The van der Waals surface area contributed by atoms with Crippen molar-refractivity contribution < 1.29 is 9.13 Å². The Labute approximate surface area is 111 Å². The van der Waals surface area contributed by atoms with Crippen molar-refractivity contribution in [2.45, 2.75) is 0 Å². The van der Waals surface area contributed by atoms with E-state index in [-0.39, 0.29) is 5.82 Å². The lowest BCUT2D eigenvalue weighted by Crippen LogP contribution is -2.19. The molecule has 4 heteroatoms. The molecular weight excluding hydrogens is 253 g/mol. The molecule has 0 fully saturated rings. The predicted molar refractivity (Wildman–Crippen MR) is 71.8 cm³/mol. The second-order valence-electron chi connectivity index (χ2n) is 3.89. The molecule has 1 aromatic rings. The number of allylic oxidation sites excluding steroid dienone is 3. The molecule has 0 amide bonds. The van der Waals surface area contributed by atoms with Gasteiger partial charge in [-0.1, -0.05) is 24.2 Å². The summed E-state index contributed by atoms with van der Waals surface area (Å²) in [5.41, 5.74) is 1.70. The Bertz CT molecular complexity index is 563. The Morgan fingerprint density at radius 1 is 1.33 bits per heavy atom. The van der Waals surface area contributed by atoms with Crippen LogP contribution in [0.2, 0.25) is 0 Å². The van der Waals surface area contributed by atoms with Crippen LogP contribution in [0.1, 0.15) is 5.56 Å². The first-order valence-electron chi connectivity index (χ1n) is 5.39. The molecule has 0 saturated carbocycles. The van der Waals surface area contributed by atoms with Crippen LogP contribution < -0.4 is 4.74 Å². The molecule has 0 aliphatic carbocycles. The predicted octanol–water partition coefficient (Wildman–Crippen LogP) is 3.76. The number of hydrogen-bond donors (Lipinski definition) is 0. The van der Waals surface area contributed by atoms with Crippen LogP contribution in [0.5, 0.6) is 5.75 Å². The topological polar surface area (TPSA) is 12.5 Å². The Kier molecular flexibility index (Phi) is 3.43. The van der Waals surface area contributed by atoms with Gasteiger partial charge >= 0.3 is 0 Å². The van der Waals surface area contributed by atoms with Crippen LogP contribution >= 0.6 is 11.6 Å². The van der Waals surface area contributed by atoms with Crippen molar-refractivity contribution in [3.8, 4) is 5.75 Å². The second kappa shape index (κ2) is 4.86. The van der Waals surface area contributed by atoms with Gasteiger partial charge in [-0.05, 0) is 24.3 Å². The van der Waals surface area contributed by atoms with Gasteiger partial charge in [-0.15, -0.1) is 0 Å². The minimum Gasteiger partial charge on any atom is -0.496 e. The standard InChI is InChI=1S/C14H13ClFNO/c1-9-10(15)7-8-12(17(9)2)14-11(16)5-4-6-13(14)18-3/h4-8H,1H2,2-3H3. The van der Waals surface area contributed by atoms with Crippen LogP contribution in [0, 0.1) is 5.82 Å². The van der Waals surface area contributed by atoms with Gasteiger partial charge in [0.2, 0.25) is 0 Å². The largest absolute Gasteiger partial charge is 0.496 e. The number of hydrogen-bond acceptors (Lipinski definition) is 2. The summed E-state index contributed by atoms with van der Waals surface area (Å²) in [5.74, 6) is 0.138.